The standard InChI is InChI=1S/C19H16ClN3O.C16H19N3O/c1-11-18-12(2)22-19(14-6-4-5-7-15(14)20)23(18)17-9-8-13(24-3)10-16(17)21-11;1-5-6-15-18-11(3)16-10(2)17-13-9-12(20-4)7-8-14(13)19(15)16/h4-10H,1-3H3;7-9H,5-6H2,1-4H3. The van der Waals surface area contributed by atoms with Crippen molar-refractivity contribution in [3.8, 4) is 22.9 Å². The molecule has 0 bridgehead atoms. The first-order valence-electron chi connectivity index (χ1n) is 14.7. The first-order chi connectivity index (χ1) is 21.2. The summed E-state index contributed by atoms with van der Waals surface area (Å²) in [7, 11) is 3.33. The molecular formula is C35H35ClN6O2. The fraction of sp³-hybridized carbons (Fsp3) is 0.257. The van der Waals surface area contributed by atoms with E-state index in [1.165, 1.54) is 0 Å². The molecule has 224 valence electrons. The van der Waals surface area contributed by atoms with Crippen LogP contribution in [0.3, 0.4) is 0 Å². The molecule has 0 unspecified atom stereocenters. The van der Waals surface area contributed by atoms with Gasteiger partial charge in [-0.1, -0.05) is 30.7 Å². The molecule has 0 amide bonds. The molecule has 0 aliphatic rings. The van der Waals surface area contributed by atoms with E-state index in [2.05, 4.69) is 28.7 Å². The smallest absolute Gasteiger partial charge is 0.146 e. The van der Waals surface area contributed by atoms with Gasteiger partial charge in [0.05, 0.1) is 75.1 Å². The Morgan fingerprint density at radius 1 is 0.659 bits per heavy atom. The van der Waals surface area contributed by atoms with Gasteiger partial charge in [-0.15, -0.1) is 0 Å². The number of rotatable bonds is 5. The average Bonchev–Trinajstić information content (AvgIpc) is 3.54. The maximum Gasteiger partial charge on any atom is 0.146 e. The van der Waals surface area contributed by atoms with Crippen LogP contribution in [0.4, 0.5) is 0 Å². The van der Waals surface area contributed by atoms with E-state index in [4.69, 9.17) is 41.0 Å². The van der Waals surface area contributed by atoms with E-state index in [-0.39, 0.29) is 0 Å². The molecule has 44 heavy (non-hydrogen) atoms. The predicted molar refractivity (Wildman–Crippen MR) is 177 cm³/mol. The maximum atomic E-state index is 6.42. The highest BCUT2D eigenvalue weighted by Gasteiger charge is 2.18. The second-order valence-electron chi connectivity index (χ2n) is 10.8. The Morgan fingerprint density at radius 2 is 1.18 bits per heavy atom. The van der Waals surface area contributed by atoms with Gasteiger partial charge in [0.25, 0.3) is 0 Å². The zero-order valence-corrected chi connectivity index (χ0v) is 26.8. The number of hydrogen-bond donors (Lipinski definition) is 0. The van der Waals surface area contributed by atoms with Crippen LogP contribution in [0, 0.1) is 27.7 Å². The van der Waals surface area contributed by atoms with E-state index < -0.39 is 0 Å². The van der Waals surface area contributed by atoms with Crippen LogP contribution in [-0.4, -0.2) is 43.0 Å². The zero-order valence-electron chi connectivity index (χ0n) is 26.1. The number of methoxy groups -OCH3 is 2. The van der Waals surface area contributed by atoms with Crippen molar-refractivity contribution in [2.75, 3.05) is 14.2 Å². The van der Waals surface area contributed by atoms with Crippen molar-refractivity contribution in [2.45, 2.75) is 47.5 Å². The Labute approximate surface area is 261 Å². The molecule has 0 aliphatic heterocycles. The number of benzene rings is 3. The van der Waals surface area contributed by atoms with Gasteiger partial charge in [-0.2, -0.15) is 0 Å². The Bertz CT molecular complexity index is 2180. The van der Waals surface area contributed by atoms with E-state index in [0.29, 0.717) is 5.02 Å². The molecule has 9 heteroatoms. The van der Waals surface area contributed by atoms with Crippen molar-refractivity contribution < 1.29 is 9.47 Å². The largest absolute Gasteiger partial charge is 0.497 e. The number of ether oxygens (including phenoxy) is 2. The Kier molecular flexibility index (Phi) is 7.86. The first kappa shape index (κ1) is 29.4. The molecule has 0 N–H and O–H groups in total. The number of aryl methyl sites for hydroxylation is 5. The molecule has 0 radical (unpaired) electrons. The number of nitrogens with zero attached hydrogens (tertiary/aromatic N) is 6. The van der Waals surface area contributed by atoms with Gasteiger partial charge in [-0.05, 0) is 70.5 Å². The van der Waals surface area contributed by atoms with Gasteiger partial charge < -0.3 is 9.47 Å². The van der Waals surface area contributed by atoms with Crippen molar-refractivity contribution in [2.24, 2.45) is 0 Å². The molecule has 0 spiro atoms. The predicted octanol–water partition coefficient (Wildman–Crippen LogP) is 8.29. The van der Waals surface area contributed by atoms with Crippen molar-refractivity contribution >= 4 is 44.7 Å². The normalized spacial score (nSPS) is 11.4. The minimum absolute atomic E-state index is 0.681. The zero-order chi connectivity index (χ0) is 31.1. The summed E-state index contributed by atoms with van der Waals surface area (Å²) in [5.74, 6) is 3.55. The molecule has 7 rings (SSSR count). The highest BCUT2D eigenvalue weighted by molar-refractivity contribution is 6.33. The summed E-state index contributed by atoms with van der Waals surface area (Å²) in [5, 5.41) is 0.681. The van der Waals surface area contributed by atoms with Crippen LogP contribution in [0.2, 0.25) is 5.02 Å². The summed E-state index contributed by atoms with van der Waals surface area (Å²) in [4.78, 5) is 18.9. The number of fused-ring (bicyclic) bond motifs is 6. The van der Waals surface area contributed by atoms with Gasteiger partial charge in [-0.25, -0.2) is 19.9 Å². The summed E-state index contributed by atoms with van der Waals surface area (Å²) in [6, 6.07) is 19.7. The lowest BCUT2D eigenvalue weighted by Crippen LogP contribution is -2.00. The molecule has 4 heterocycles. The second kappa shape index (κ2) is 11.8. The van der Waals surface area contributed by atoms with Crippen molar-refractivity contribution in [3.63, 3.8) is 0 Å². The van der Waals surface area contributed by atoms with Gasteiger partial charge >= 0.3 is 0 Å². The van der Waals surface area contributed by atoms with Gasteiger partial charge in [0.15, 0.2) is 0 Å². The summed E-state index contributed by atoms with van der Waals surface area (Å²) in [6.45, 7) is 10.3. The molecule has 3 aromatic carbocycles. The molecule has 8 nitrogen and oxygen atoms in total. The first-order valence-corrected chi connectivity index (χ1v) is 15.0. The van der Waals surface area contributed by atoms with Crippen molar-refractivity contribution in [3.05, 3.63) is 94.3 Å². The van der Waals surface area contributed by atoms with Gasteiger partial charge in [0.1, 0.15) is 23.1 Å². The fourth-order valence-corrected chi connectivity index (χ4v) is 6.18. The Morgan fingerprint density at radius 3 is 1.75 bits per heavy atom. The number of hydrogen-bond acceptors (Lipinski definition) is 6. The number of halogens is 1. The number of imidazole rings is 2. The average molecular weight is 607 g/mol. The minimum Gasteiger partial charge on any atom is -0.497 e. The highest BCUT2D eigenvalue weighted by Crippen LogP contribution is 2.33. The third kappa shape index (κ3) is 4.99. The van der Waals surface area contributed by atoms with E-state index in [9.17, 15) is 0 Å². The molecule has 0 saturated heterocycles. The van der Waals surface area contributed by atoms with Crippen LogP contribution in [-0.2, 0) is 6.42 Å². The molecule has 0 fully saturated rings. The summed E-state index contributed by atoms with van der Waals surface area (Å²) < 4.78 is 15.0. The van der Waals surface area contributed by atoms with Crippen molar-refractivity contribution in [1.82, 2.24) is 28.7 Å². The third-order valence-corrected chi connectivity index (χ3v) is 8.20. The third-order valence-electron chi connectivity index (χ3n) is 7.87. The SMILES string of the molecule is CCCc1nc(C)c2c(C)nc3cc(OC)ccc3n12.COc1ccc2c(c1)nc(C)c1c(C)nc(-c3ccccc3Cl)n12. The van der Waals surface area contributed by atoms with E-state index >= 15 is 0 Å². The topological polar surface area (TPSA) is 78.8 Å². The quantitative estimate of drug-likeness (QED) is 0.196. The molecule has 0 saturated carbocycles. The molecule has 7 aromatic rings. The number of aromatic nitrogens is 6. The van der Waals surface area contributed by atoms with Gasteiger partial charge in [0.2, 0.25) is 0 Å². The Hall–Kier alpha value is -4.69. The van der Waals surface area contributed by atoms with Gasteiger partial charge in [-0.3, -0.25) is 8.80 Å². The minimum atomic E-state index is 0.681. The molecular weight excluding hydrogens is 572 g/mol. The summed E-state index contributed by atoms with van der Waals surface area (Å²) in [6.07, 6.45) is 2.05. The summed E-state index contributed by atoms with van der Waals surface area (Å²) >= 11 is 6.42. The second-order valence-corrected chi connectivity index (χ2v) is 11.2. The maximum absolute atomic E-state index is 6.42. The fourth-order valence-electron chi connectivity index (χ4n) is 5.96. The van der Waals surface area contributed by atoms with Crippen LogP contribution in [0.25, 0.3) is 44.5 Å². The van der Waals surface area contributed by atoms with E-state index in [1.54, 1.807) is 14.2 Å². The molecule has 0 aliphatic carbocycles. The van der Waals surface area contributed by atoms with Gasteiger partial charge in [0, 0.05) is 24.1 Å². The van der Waals surface area contributed by atoms with Crippen LogP contribution in [0.1, 0.15) is 41.9 Å². The van der Waals surface area contributed by atoms with Crippen LogP contribution < -0.4 is 9.47 Å². The summed E-state index contributed by atoms with van der Waals surface area (Å²) in [5.41, 5.74) is 10.9. The van der Waals surface area contributed by atoms with Crippen LogP contribution >= 0.6 is 11.6 Å². The lowest BCUT2D eigenvalue weighted by molar-refractivity contribution is 0.415. The van der Waals surface area contributed by atoms with Crippen LogP contribution in [0.5, 0.6) is 11.5 Å². The van der Waals surface area contributed by atoms with Crippen LogP contribution in [0.15, 0.2) is 60.7 Å². The van der Waals surface area contributed by atoms with Crippen molar-refractivity contribution in [1.29, 1.82) is 0 Å². The monoisotopic (exact) mass is 606 g/mol. The molecule has 4 aromatic heterocycles. The lowest BCUT2D eigenvalue weighted by Gasteiger charge is -2.10. The highest BCUT2D eigenvalue weighted by atomic mass is 35.5. The lowest BCUT2D eigenvalue weighted by atomic mass is 10.2. The molecule has 0 atom stereocenters. The Balaban J connectivity index is 0.000000159. The van der Waals surface area contributed by atoms with E-state index in [1.807, 2.05) is 75.4 Å². The van der Waals surface area contributed by atoms with E-state index in [0.717, 1.165) is 97.4 Å².